The standard InChI is InChI=1S/2C7H5N5O8.2ClH/c2*1-8(12(19)20)7-5(10(15)16)2-4(9(13)14)3-6(7)11(17)18;;/h2*2-3H,1H3;2*1H. The minimum Gasteiger partial charge on any atom is -0.258 e. The molecule has 2 aromatic carbocycles. The van der Waals surface area contributed by atoms with E-state index in [9.17, 15) is 80.9 Å². The quantitative estimate of drug-likeness (QED) is 0.264. The minimum absolute atomic E-state index is 0. The van der Waals surface area contributed by atoms with Crippen LogP contribution >= 0.6 is 24.8 Å². The van der Waals surface area contributed by atoms with Crippen molar-refractivity contribution < 1.29 is 39.6 Å². The van der Waals surface area contributed by atoms with E-state index in [1.165, 1.54) is 0 Å². The number of hydrazine groups is 2. The third-order valence-electron chi connectivity index (χ3n) is 4.45. The summed E-state index contributed by atoms with van der Waals surface area (Å²) in [7, 11) is 1.50. The van der Waals surface area contributed by atoms with Crippen LogP contribution in [0.25, 0.3) is 0 Å². The number of halogens is 2. The maximum atomic E-state index is 10.8. The van der Waals surface area contributed by atoms with Gasteiger partial charge in [0.25, 0.3) is 22.7 Å². The van der Waals surface area contributed by atoms with E-state index in [0.717, 1.165) is 14.1 Å². The van der Waals surface area contributed by atoms with Gasteiger partial charge in [-0.2, -0.15) is 0 Å². The average Bonchev–Trinajstić information content (AvgIpc) is 2.85. The van der Waals surface area contributed by atoms with Gasteiger partial charge in [0.1, 0.15) is 0 Å². The Hall–Kier alpha value is -6.18. The molecular formula is C14H12Cl2N10O16. The number of nitro benzene ring substituents is 6. The second-order valence-corrected chi connectivity index (χ2v) is 6.73. The van der Waals surface area contributed by atoms with E-state index >= 15 is 0 Å². The van der Waals surface area contributed by atoms with E-state index < -0.39 is 85.1 Å². The molecule has 0 fully saturated rings. The third kappa shape index (κ3) is 8.41. The summed E-state index contributed by atoms with van der Waals surface area (Å²) in [5.74, 6) is 0. The molecule has 2 rings (SSSR count). The first-order valence-electron chi connectivity index (χ1n) is 9.31. The van der Waals surface area contributed by atoms with Crippen LogP contribution in [0.5, 0.6) is 0 Å². The fraction of sp³-hybridized carbons (Fsp3) is 0.143. The predicted molar refractivity (Wildman–Crippen MR) is 138 cm³/mol. The second-order valence-electron chi connectivity index (χ2n) is 6.73. The van der Waals surface area contributed by atoms with Gasteiger partial charge in [-0.05, 0) is 0 Å². The summed E-state index contributed by atoms with van der Waals surface area (Å²) in [4.78, 5) is 78.8. The highest BCUT2D eigenvalue weighted by Crippen LogP contribution is 2.41. The minimum atomic E-state index is -1.17. The molecule has 0 aliphatic rings. The Labute approximate surface area is 239 Å². The first-order chi connectivity index (χ1) is 18.3. The van der Waals surface area contributed by atoms with Gasteiger partial charge in [0, 0.05) is 0 Å². The molecule has 0 bridgehead atoms. The Morgan fingerprint density at radius 1 is 0.429 bits per heavy atom. The summed E-state index contributed by atoms with van der Waals surface area (Å²) < 4.78 is 0. The van der Waals surface area contributed by atoms with Gasteiger partial charge in [-0.25, -0.2) is 20.2 Å². The van der Waals surface area contributed by atoms with Crippen LogP contribution < -0.4 is 10.0 Å². The molecule has 0 unspecified atom stereocenters. The fourth-order valence-electron chi connectivity index (χ4n) is 2.77. The first kappa shape index (κ1) is 38.0. The lowest BCUT2D eigenvalue weighted by Crippen LogP contribution is -2.26. The Kier molecular flexibility index (Phi) is 13.4. The summed E-state index contributed by atoms with van der Waals surface area (Å²) in [6, 6.07) is 1.68. The molecule has 228 valence electrons. The van der Waals surface area contributed by atoms with Crippen molar-refractivity contribution in [2.45, 2.75) is 0 Å². The summed E-state index contributed by atoms with van der Waals surface area (Å²) in [6.45, 7) is 0. The van der Waals surface area contributed by atoms with Crippen molar-refractivity contribution in [1.82, 2.24) is 0 Å². The molecule has 28 heteroatoms. The van der Waals surface area contributed by atoms with Crippen LogP contribution in [0.1, 0.15) is 0 Å². The molecule has 2 aromatic rings. The van der Waals surface area contributed by atoms with Gasteiger partial charge in [0.15, 0.2) is 10.1 Å². The highest BCUT2D eigenvalue weighted by molar-refractivity contribution is 5.85. The summed E-state index contributed by atoms with van der Waals surface area (Å²) >= 11 is 0. The molecule has 0 heterocycles. The van der Waals surface area contributed by atoms with Crippen molar-refractivity contribution >= 4 is 70.3 Å². The first-order valence-corrected chi connectivity index (χ1v) is 9.31. The molecule has 0 aliphatic heterocycles. The van der Waals surface area contributed by atoms with Crippen molar-refractivity contribution in [3.63, 3.8) is 0 Å². The molecule has 0 radical (unpaired) electrons. The molecule has 0 spiro atoms. The molecule has 0 saturated heterocycles. The zero-order chi connectivity index (χ0) is 31.2. The van der Waals surface area contributed by atoms with Gasteiger partial charge in [-0.1, -0.05) is 10.0 Å². The van der Waals surface area contributed by atoms with Crippen LogP contribution in [0.3, 0.4) is 0 Å². The van der Waals surface area contributed by atoms with Crippen molar-refractivity contribution in [2.75, 3.05) is 24.1 Å². The summed E-state index contributed by atoms with van der Waals surface area (Å²) in [5, 5.41) is 83.5. The molecular weight excluding hydrogens is 635 g/mol. The van der Waals surface area contributed by atoms with E-state index in [1.54, 1.807) is 0 Å². The van der Waals surface area contributed by atoms with Crippen molar-refractivity contribution in [2.24, 2.45) is 0 Å². The van der Waals surface area contributed by atoms with Crippen LogP contribution in [-0.2, 0) is 0 Å². The number of hydrogen-bond donors (Lipinski definition) is 0. The number of rotatable bonds is 10. The Balaban J connectivity index is 0. The molecule has 0 saturated carbocycles. The largest absolute Gasteiger partial charge is 0.312 e. The van der Waals surface area contributed by atoms with Crippen LogP contribution in [0.4, 0.5) is 45.5 Å². The number of benzene rings is 2. The Morgan fingerprint density at radius 2 is 0.619 bits per heavy atom. The Morgan fingerprint density at radius 3 is 0.738 bits per heavy atom. The van der Waals surface area contributed by atoms with Gasteiger partial charge in [0.2, 0.25) is 0 Å². The van der Waals surface area contributed by atoms with Crippen LogP contribution in [0.15, 0.2) is 24.3 Å². The number of anilines is 2. The summed E-state index contributed by atoms with van der Waals surface area (Å²) in [6.07, 6.45) is 0. The van der Waals surface area contributed by atoms with Crippen LogP contribution in [0.2, 0.25) is 0 Å². The van der Waals surface area contributed by atoms with E-state index in [-0.39, 0.29) is 34.8 Å². The van der Waals surface area contributed by atoms with Gasteiger partial charge in [-0.15, -0.1) is 24.8 Å². The number of nitro groups is 8. The van der Waals surface area contributed by atoms with Crippen LogP contribution in [-0.4, -0.2) is 53.7 Å². The smallest absolute Gasteiger partial charge is 0.258 e. The lowest BCUT2D eigenvalue weighted by atomic mass is 10.2. The molecule has 0 aromatic heterocycles. The number of non-ortho nitro benzene ring substituents is 2. The average molecular weight is 647 g/mol. The van der Waals surface area contributed by atoms with Crippen LogP contribution in [0, 0.1) is 80.9 Å². The summed E-state index contributed by atoms with van der Waals surface area (Å²) in [5.41, 5.74) is -8.15. The monoisotopic (exact) mass is 646 g/mol. The van der Waals surface area contributed by atoms with E-state index in [0.29, 0.717) is 24.3 Å². The lowest BCUT2D eigenvalue weighted by Gasteiger charge is -2.08. The van der Waals surface area contributed by atoms with Gasteiger partial charge in [0.05, 0.1) is 67.9 Å². The lowest BCUT2D eigenvalue weighted by molar-refractivity contribution is -0.493. The van der Waals surface area contributed by atoms with E-state index in [4.69, 9.17) is 0 Å². The third-order valence-corrected chi connectivity index (χ3v) is 4.45. The topological polar surface area (TPSA) is 352 Å². The van der Waals surface area contributed by atoms with E-state index in [2.05, 4.69) is 0 Å². The van der Waals surface area contributed by atoms with Crippen molar-refractivity contribution in [3.05, 3.63) is 105 Å². The molecule has 0 atom stereocenters. The highest BCUT2D eigenvalue weighted by Gasteiger charge is 2.38. The molecule has 0 amide bonds. The zero-order valence-electron chi connectivity index (χ0n) is 20.1. The SMILES string of the molecule is CN(c1c([N+](=O)[O-])cc([N+](=O)[O-])cc1[N+](=O)[O-])[N+](=O)[O-].CN(c1c([N+](=O)[O-])cc([N+](=O)[O-])cc1[N+](=O)[O-])[N+](=O)[O-].Cl.Cl. The predicted octanol–water partition coefficient (Wildman–Crippen LogP) is 2.92. The number of hydrogen-bond acceptors (Lipinski definition) is 16. The van der Waals surface area contributed by atoms with E-state index in [1.807, 2.05) is 0 Å². The highest BCUT2D eigenvalue weighted by atomic mass is 35.5. The number of nitrogens with zero attached hydrogens (tertiary/aromatic N) is 10. The van der Waals surface area contributed by atoms with Gasteiger partial charge in [-0.3, -0.25) is 60.7 Å². The second kappa shape index (κ2) is 14.8. The maximum absolute atomic E-state index is 10.8. The fourth-order valence-corrected chi connectivity index (χ4v) is 2.77. The van der Waals surface area contributed by atoms with Crippen molar-refractivity contribution in [3.8, 4) is 0 Å². The van der Waals surface area contributed by atoms with Gasteiger partial charge < -0.3 is 0 Å². The normalized spacial score (nSPS) is 9.38. The molecule has 0 N–H and O–H groups in total. The van der Waals surface area contributed by atoms with Gasteiger partial charge >= 0.3 is 22.7 Å². The molecule has 42 heavy (non-hydrogen) atoms. The molecule has 0 aliphatic carbocycles. The van der Waals surface area contributed by atoms with Crippen molar-refractivity contribution in [1.29, 1.82) is 0 Å². The molecule has 26 nitrogen and oxygen atoms in total. The Bertz CT molecular complexity index is 1310. The zero-order valence-corrected chi connectivity index (χ0v) is 21.8. The maximum Gasteiger partial charge on any atom is 0.312 e.